The van der Waals surface area contributed by atoms with Crippen LogP contribution < -0.4 is 5.32 Å². The summed E-state index contributed by atoms with van der Waals surface area (Å²) in [5, 5.41) is 5.22. The van der Waals surface area contributed by atoms with Gasteiger partial charge in [0.05, 0.1) is 6.54 Å². The number of carbonyl (C=O) groups is 1. The summed E-state index contributed by atoms with van der Waals surface area (Å²) in [6.07, 6.45) is 6.09. The van der Waals surface area contributed by atoms with Crippen LogP contribution in [0.5, 0.6) is 0 Å². The zero-order valence-electron chi connectivity index (χ0n) is 11.2. The molecular formula is C14H22N2OS. The van der Waals surface area contributed by atoms with Crippen molar-refractivity contribution in [1.29, 1.82) is 0 Å². The van der Waals surface area contributed by atoms with Crippen molar-refractivity contribution in [1.82, 2.24) is 10.2 Å². The molecule has 2 rings (SSSR count). The molecule has 18 heavy (non-hydrogen) atoms. The van der Waals surface area contributed by atoms with Crippen LogP contribution >= 0.6 is 11.3 Å². The molecule has 100 valence electrons. The Morgan fingerprint density at radius 2 is 2.17 bits per heavy atom. The Balaban J connectivity index is 1.83. The lowest BCUT2D eigenvalue weighted by molar-refractivity contribution is 0.199. The van der Waals surface area contributed by atoms with Crippen LogP contribution in [0.2, 0.25) is 0 Å². The molecule has 4 heteroatoms. The number of urea groups is 1. The summed E-state index contributed by atoms with van der Waals surface area (Å²) in [6, 6.07) is 2.56. The summed E-state index contributed by atoms with van der Waals surface area (Å²) in [5.41, 5.74) is 1.28. The average molecular weight is 266 g/mol. The molecule has 1 N–H and O–H groups in total. The first-order chi connectivity index (χ1) is 8.66. The second-order valence-electron chi connectivity index (χ2n) is 5.17. The molecule has 1 saturated carbocycles. The SMILES string of the molecule is Cc1ccsc1CN(C)C(=O)NC1CCCCC1. The van der Waals surface area contributed by atoms with Crippen molar-refractivity contribution in [3.63, 3.8) is 0 Å². The van der Waals surface area contributed by atoms with E-state index < -0.39 is 0 Å². The molecule has 1 heterocycles. The molecule has 0 spiro atoms. The third-order valence-electron chi connectivity index (χ3n) is 3.63. The van der Waals surface area contributed by atoms with Crippen LogP contribution in [-0.4, -0.2) is 24.0 Å². The molecule has 1 aromatic heterocycles. The minimum Gasteiger partial charge on any atom is -0.335 e. The molecule has 2 amide bonds. The molecular weight excluding hydrogens is 244 g/mol. The first kappa shape index (κ1) is 13.4. The lowest BCUT2D eigenvalue weighted by atomic mass is 9.96. The highest BCUT2D eigenvalue weighted by atomic mass is 32.1. The molecule has 0 bridgehead atoms. The van der Waals surface area contributed by atoms with Crippen LogP contribution in [0.25, 0.3) is 0 Å². The van der Waals surface area contributed by atoms with E-state index in [2.05, 4.69) is 23.7 Å². The summed E-state index contributed by atoms with van der Waals surface area (Å²) in [6.45, 7) is 2.81. The summed E-state index contributed by atoms with van der Waals surface area (Å²) in [5.74, 6) is 0. The van der Waals surface area contributed by atoms with E-state index in [9.17, 15) is 4.79 Å². The van der Waals surface area contributed by atoms with Crippen LogP contribution in [-0.2, 0) is 6.54 Å². The van der Waals surface area contributed by atoms with E-state index in [-0.39, 0.29) is 6.03 Å². The Morgan fingerprint density at radius 3 is 2.78 bits per heavy atom. The van der Waals surface area contributed by atoms with E-state index in [1.165, 1.54) is 29.7 Å². The maximum Gasteiger partial charge on any atom is 0.317 e. The van der Waals surface area contributed by atoms with Crippen molar-refractivity contribution in [2.75, 3.05) is 7.05 Å². The van der Waals surface area contributed by atoms with Crippen molar-refractivity contribution < 1.29 is 4.79 Å². The zero-order valence-corrected chi connectivity index (χ0v) is 12.1. The first-order valence-corrected chi connectivity index (χ1v) is 7.59. The monoisotopic (exact) mass is 266 g/mol. The minimum atomic E-state index is 0.0645. The normalized spacial score (nSPS) is 16.6. The van der Waals surface area contributed by atoms with Gasteiger partial charge in [-0.05, 0) is 36.8 Å². The number of hydrogen-bond donors (Lipinski definition) is 1. The summed E-state index contributed by atoms with van der Waals surface area (Å²) in [7, 11) is 1.87. The molecule has 0 atom stereocenters. The van der Waals surface area contributed by atoms with Gasteiger partial charge in [-0.15, -0.1) is 11.3 Å². The van der Waals surface area contributed by atoms with E-state index >= 15 is 0 Å². The molecule has 1 aliphatic carbocycles. The Morgan fingerprint density at radius 1 is 1.44 bits per heavy atom. The number of aryl methyl sites for hydroxylation is 1. The fourth-order valence-corrected chi connectivity index (χ4v) is 3.34. The number of amides is 2. The Labute approximate surface area is 113 Å². The van der Waals surface area contributed by atoms with E-state index in [0.29, 0.717) is 12.6 Å². The van der Waals surface area contributed by atoms with Crippen LogP contribution in [0.15, 0.2) is 11.4 Å². The first-order valence-electron chi connectivity index (χ1n) is 6.71. The zero-order chi connectivity index (χ0) is 13.0. The smallest absolute Gasteiger partial charge is 0.317 e. The molecule has 0 saturated heterocycles. The van der Waals surface area contributed by atoms with Gasteiger partial charge in [-0.1, -0.05) is 19.3 Å². The highest BCUT2D eigenvalue weighted by Crippen LogP contribution is 2.19. The van der Waals surface area contributed by atoms with Gasteiger partial charge in [0, 0.05) is 18.0 Å². The van der Waals surface area contributed by atoms with Gasteiger partial charge < -0.3 is 10.2 Å². The lowest BCUT2D eigenvalue weighted by Crippen LogP contribution is -2.43. The number of hydrogen-bond acceptors (Lipinski definition) is 2. The second-order valence-corrected chi connectivity index (χ2v) is 6.17. The van der Waals surface area contributed by atoms with Crippen LogP contribution in [0.3, 0.4) is 0 Å². The summed E-state index contributed by atoms with van der Waals surface area (Å²) >= 11 is 1.72. The predicted molar refractivity (Wildman–Crippen MR) is 75.9 cm³/mol. The highest BCUT2D eigenvalue weighted by Gasteiger charge is 2.18. The fraction of sp³-hybridized carbons (Fsp3) is 0.643. The quantitative estimate of drug-likeness (QED) is 0.892. The summed E-state index contributed by atoms with van der Waals surface area (Å²) in [4.78, 5) is 15.1. The average Bonchev–Trinajstić information content (AvgIpc) is 2.76. The fourth-order valence-electron chi connectivity index (χ4n) is 2.39. The largest absolute Gasteiger partial charge is 0.335 e. The predicted octanol–water partition coefficient (Wildman–Crippen LogP) is 3.53. The number of nitrogens with zero attached hydrogens (tertiary/aromatic N) is 1. The minimum absolute atomic E-state index is 0.0645. The summed E-state index contributed by atoms with van der Waals surface area (Å²) < 4.78 is 0. The second kappa shape index (κ2) is 6.23. The van der Waals surface area contributed by atoms with E-state index in [0.717, 1.165) is 12.8 Å². The Kier molecular flexibility index (Phi) is 4.64. The topological polar surface area (TPSA) is 32.3 Å². The number of rotatable bonds is 3. The molecule has 0 aliphatic heterocycles. The van der Waals surface area contributed by atoms with Crippen molar-refractivity contribution in [3.8, 4) is 0 Å². The Hall–Kier alpha value is -1.03. The van der Waals surface area contributed by atoms with Crippen LogP contribution in [0, 0.1) is 6.92 Å². The van der Waals surface area contributed by atoms with Crippen molar-refractivity contribution in [2.45, 2.75) is 51.6 Å². The van der Waals surface area contributed by atoms with E-state index in [1.54, 1.807) is 16.2 Å². The van der Waals surface area contributed by atoms with E-state index in [4.69, 9.17) is 0 Å². The van der Waals surface area contributed by atoms with Crippen molar-refractivity contribution in [2.24, 2.45) is 0 Å². The standard InChI is InChI=1S/C14H22N2OS/c1-11-8-9-18-13(11)10-16(2)14(17)15-12-6-4-3-5-7-12/h8-9,12H,3-7,10H2,1-2H3,(H,15,17). The molecule has 1 aliphatic rings. The van der Waals surface area contributed by atoms with Gasteiger partial charge in [-0.2, -0.15) is 0 Å². The van der Waals surface area contributed by atoms with Gasteiger partial charge in [-0.3, -0.25) is 0 Å². The van der Waals surface area contributed by atoms with Crippen molar-refractivity contribution >= 4 is 17.4 Å². The maximum atomic E-state index is 12.1. The van der Waals surface area contributed by atoms with Gasteiger partial charge in [-0.25, -0.2) is 4.79 Å². The Bertz CT molecular complexity index is 396. The third kappa shape index (κ3) is 3.48. The van der Waals surface area contributed by atoms with Gasteiger partial charge >= 0.3 is 6.03 Å². The highest BCUT2D eigenvalue weighted by molar-refractivity contribution is 7.10. The van der Waals surface area contributed by atoms with Crippen LogP contribution in [0.1, 0.15) is 42.5 Å². The van der Waals surface area contributed by atoms with Gasteiger partial charge in [0.1, 0.15) is 0 Å². The van der Waals surface area contributed by atoms with Gasteiger partial charge in [0.15, 0.2) is 0 Å². The van der Waals surface area contributed by atoms with E-state index in [1.807, 2.05) is 7.05 Å². The van der Waals surface area contributed by atoms with Crippen molar-refractivity contribution in [3.05, 3.63) is 21.9 Å². The molecule has 1 aromatic rings. The maximum absolute atomic E-state index is 12.1. The van der Waals surface area contributed by atoms with Gasteiger partial charge in [0.25, 0.3) is 0 Å². The molecule has 0 radical (unpaired) electrons. The molecule has 0 unspecified atom stereocenters. The molecule has 0 aromatic carbocycles. The number of thiophene rings is 1. The number of carbonyl (C=O) groups excluding carboxylic acids is 1. The van der Waals surface area contributed by atoms with Gasteiger partial charge in [0.2, 0.25) is 0 Å². The number of nitrogens with one attached hydrogen (secondary N) is 1. The molecule has 3 nitrogen and oxygen atoms in total. The van der Waals surface area contributed by atoms with Crippen LogP contribution in [0.4, 0.5) is 4.79 Å². The third-order valence-corrected chi connectivity index (χ3v) is 4.64. The lowest BCUT2D eigenvalue weighted by Gasteiger charge is -2.26. The molecule has 1 fully saturated rings.